The van der Waals surface area contributed by atoms with Gasteiger partial charge in [0, 0.05) is 10.2 Å². The molecule has 22 heavy (non-hydrogen) atoms. The van der Waals surface area contributed by atoms with Crippen LogP contribution in [-0.2, 0) is 9.59 Å². The van der Waals surface area contributed by atoms with Crippen molar-refractivity contribution in [2.24, 2.45) is 0 Å². The maximum Gasteiger partial charge on any atom is 0.256 e. The second-order valence-corrected chi connectivity index (χ2v) is 6.09. The quantitative estimate of drug-likeness (QED) is 0.854. The van der Waals surface area contributed by atoms with Crippen LogP contribution in [0.4, 0.5) is 11.4 Å². The fourth-order valence-electron chi connectivity index (χ4n) is 2.55. The number of carbonyl (C=O) groups is 2. The molecule has 2 aromatic carbocycles. The van der Waals surface area contributed by atoms with Crippen molar-refractivity contribution >= 4 is 39.1 Å². The lowest BCUT2D eigenvalue weighted by Crippen LogP contribution is -2.35. The number of benzene rings is 2. The van der Waals surface area contributed by atoms with Gasteiger partial charge in [0.05, 0.1) is 12.1 Å². The number of amides is 2. The molecule has 0 aliphatic carbocycles. The highest BCUT2D eigenvalue weighted by Crippen LogP contribution is 2.31. The Morgan fingerprint density at radius 1 is 1.09 bits per heavy atom. The summed E-state index contributed by atoms with van der Waals surface area (Å²) in [4.78, 5) is 26.1. The second-order valence-electron chi connectivity index (χ2n) is 5.23. The normalized spacial score (nSPS) is 17.9. The number of carbonyl (C=O) groups excluding carboxylic acids is 2. The van der Waals surface area contributed by atoms with E-state index in [4.69, 9.17) is 0 Å². The average molecular weight is 359 g/mol. The van der Waals surface area contributed by atoms with Crippen molar-refractivity contribution in [2.75, 3.05) is 10.2 Å². The summed E-state index contributed by atoms with van der Waals surface area (Å²) in [5.41, 5.74) is 2.51. The number of aryl methyl sites for hydroxylation is 1. The molecular formula is C17H15BrN2O2. The lowest BCUT2D eigenvalue weighted by atomic mass is 10.1. The fourth-order valence-corrected chi connectivity index (χ4v) is 3.02. The SMILES string of the molecule is Cc1ccccc1N[C@H]1CC(=O)N(c2ccccc2Br)C1=O. The van der Waals surface area contributed by atoms with Crippen molar-refractivity contribution in [1.82, 2.24) is 0 Å². The van der Waals surface area contributed by atoms with Gasteiger partial charge in [0.15, 0.2) is 0 Å². The van der Waals surface area contributed by atoms with E-state index >= 15 is 0 Å². The van der Waals surface area contributed by atoms with Gasteiger partial charge in [-0.25, -0.2) is 4.90 Å². The molecule has 5 heteroatoms. The molecule has 1 atom stereocenters. The van der Waals surface area contributed by atoms with E-state index in [1.54, 1.807) is 6.07 Å². The van der Waals surface area contributed by atoms with Crippen LogP contribution in [0.15, 0.2) is 53.0 Å². The highest BCUT2D eigenvalue weighted by Gasteiger charge is 2.40. The minimum atomic E-state index is -0.527. The molecule has 0 radical (unpaired) electrons. The zero-order valence-electron chi connectivity index (χ0n) is 12.0. The zero-order chi connectivity index (χ0) is 15.7. The molecule has 112 valence electrons. The number of anilines is 2. The Morgan fingerprint density at radius 3 is 2.50 bits per heavy atom. The van der Waals surface area contributed by atoms with E-state index in [1.165, 1.54) is 4.90 Å². The van der Waals surface area contributed by atoms with E-state index in [-0.39, 0.29) is 18.2 Å². The van der Waals surface area contributed by atoms with Gasteiger partial charge in [-0.05, 0) is 46.6 Å². The summed E-state index contributed by atoms with van der Waals surface area (Å²) >= 11 is 3.39. The number of halogens is 1. The largest absolute Gasteiger partial charge is 0.373 e. The van der Waals surface area contributed by atoms with Crippen LogP contribution in [0.5, 0.6) is 0 Å². The maximum absolute atomic E-state index is 12.6. The van der Waals surface area contributed by atoms with E-state index in [0.717, 1.165) is 15.7 Å². The van der Waals surface area contributed by atoms with Gasteiger partial charge in [0.1, 0.15) is 6.04 Å². The van der Waals surface area contributed by atoms with Gasteiger partial charge >= 0.3 is 0 Å². The molecule has 1 fully saturated rings. The van der Waals surface area contributed by atoms with Crippen molar-refractivity contribution in [2.45, 2.75) is 19.4 Å². The molecule has 1 aliphatic rings. The van der Waals surface area contributed by atoms with Gasteiger partial charge in [-0.15, -0.1) is 0 Å². The van der Waals surface area contributed by atoms with E-state index in [9.17, 15) is 9.59 Å². The summed E-state index contributed by atoms with van der Waals surface area (Å²) in [7, 11) is 0. The molecule has 0 spiro atoms. The molecule has 1 heterocycles. The van der Waals surface area contributed by atoms with Gasteiger partial charge in [0.25, 0.3) is 5.91 Å². The molecule has 0 unspecified atom stereocenters. The second kappa shape index (κ2) is 5.93. The van der Waals surface area contributed by atoms with Crippen molar-refractivity contribution in [1.29, 1.82) is 0 Å². The van der Waals surface area contributed by atoms with Crippen LogP contribution in [-0.4, -0.2) is 17.9 Å². The molecule has 1 aliphatic heterocycles. The van der Waals surface area contributed by atoms with Crippen LogP contribution in [0.3, 0.4) is 0 Å². The lowest BCUT2D eigenvalue weighted by molar-refractivity contribution is -0.121. The Labute approximate surface area is 137 Å². The first kappa shape index (κ1) is 14.8. The molecule has 0 aromatic heterocycles. The standard InChI is InChI=1S/C17H15BrN2O2/c1-11-6-2-4-8-13(11)19-14-10-16(21)20(17(14)22)15-9-5-3-7-12(15)18/h2-9,14,19H,10H2,1H3/t14-/m0/s1. The Kier molecular flexibility index (Phi) is 3.98. The summed E-state index contributed by atoms with van der Waals surface area (Å²) in [6, 6.07) is 14.4. The summed E-state index contributed by atoms with van der Waals surface area (Å²) < 4.78 is 0.730. The van der Waals surface area contributed by atoms with Gasteiger partial charge in [-0.3, -0.25) is 9.59 Å². The van der Waals surface area contributed by atoms with Crippen molar-refractivity contribution in [3.63, 3.8) is 0 Å². The predicted octanol–water partition coefficient (Wildman–Crippen LogP) is 3.50. The first-order chi connectivity index (χ1) is 10.6. The third kappa shape index (κ3) is 2.64. The van der Waals surface area contributed by atoms with Gasteiger partial charge in [0.2, 0.25) is 5.91 Å². The Hall–Kier alpha value is -2.14. The molecule has 0 saturated carbocycles. The molecule has 4 nitrogen and oxygen atoms in total. The molecule has 1 N–H and O–H groups in total. The number of imide groups is 1. The Morgan fingerprint density at radius 2 is 1.77 bits per heavy atom. The average Bonchev–Trinajstić information content (AvgIpc) is 2.77. The van der Waals surface area contributed by atoms with Crippen molar-refractivity contribution < 1.29 is 9.59 Å². The number of para-hydroxylation sites is 2. The third-order valence-electron chi connectivity index (χ3n) is 3.71. The molecule has 3 rings (SSSR count). The van der Waals surface area contributed by atoms with Gasteiger partial charge in [-0.1, -0.05) is 30.3 Å². The molecule has 1 saturated heterocycles. The topological polar surface area (TPSA) is 49.4 Å². The van der Waals surface area contributed by atoms with Gasteiger partial charge in [-0.2, -0.15) is 0 Å². The number of rotatable bonds is 3. The summed E-state index contributed by atoms with van der Waals surface area (Å²) in [6.45, 7) is 1.97. The van der Waals surface area contributed by atoms with E-state index in [0.29, 0.717) is 5.69 Å². The number of nitrogens with zero attached hydrogens (tertiary/aromatic N) is 1. The fraction of sp³-hybridized carbons (Fsp3) is 0.176. The predicted molar refractivity (Wildman–Crippen MR) is 89.8 cm³/mol. The van der Waals surface area contributed by atoms with E-state index < -0.39 is 6.04 Å². The van der Waals surface area contributed by atoms with Crippen LogP contribution in [0.2, 0.25) is 0 Å². The minimum Gasteiger partial charge on any atom is -0.373 e. The molecule has 0 bridgehead atoms. The summed E-state index contributed by atoms with van der Waals surface area (Å²) in [6.07, 6.45) is 0.161. The number of hydrogen-bond donors (Lipinski definition) is 1. The smallest absolute Gasteiger partial charge is 0.256 e. The molecular weight excluding hydrogens is 344 g/mol. The number of nitrogens with one attached hydrogen (secondary N) is 1. The van der Waals surface area contributed by atoms with Crippen LogP contribution in [0, 0.1) is 6.92 Å². The lowest BCUT2D eigenvalue weighted by Gasteiger charge is -2.18. The summed E-state index contributed by atoms with van der Waals surface area (Å²) in [5, 5.41) is 3.18. The van der Waals surface area contributed by atoms with Crippen LogP contribution in [0.1, 0.15) is 12.0 Å². The molecule has 2 aromatic rings. The van der Waals surface area contributed by atoms with Crippen LogP contribution < -0.4 is 10.2 Å². The molecule has 2 amide bonds. The number of hydrogen-bond acceptors (Lipinski definition) is 3. The maximum atomic E-state index is 12.6. The summed E-state index contributed by atoms with van der Waals surface area (Å²) in [5.74, 6) is -0.414. The van der Waals surface area contributed by atoms with Crippen LogP contribution >= 0.6 is 15.9 Å². The zero-order valence-corrected chi connectivity index (χ0v) is 13.6. The first-order valence-corrected chi connectivity index (χ1v) is 7.80. The van der Waals surface area contributed by atoms with Crippen molar-refractivity contribution in [3.8, 4) is 0 Å². The van der Waals surface area contributed by atoms with E-state index in [2.05, 4.69) is 21.2 Å². The Bertz CT molecular complexity index is 745. The van der Waals surface area contributed by atoms with Gasteiger partial charge < -0.3 is 5.32 Å². The Balaban J connectivity index is 1.86. The first-order valence-electron chi connectivity index (χ1n) is 7.01. The highest BCUT2D eigenvalue weighted by molar-refractivity contribution is 9.10. The van der Waals surface area contributed by atoms with Crippen LogP contribution in [0.25, 0.3) is 0 Å². The van der Waals surface area contributed by atoms with Crippen molar-refractivity contribution in [3.05, 3.63) is 58.6 Å². The third-order valence-corrected chi connectivity index (χ3v) is 4.39. The van der Waals surface area contributed by atoms with E-state index in [1.807, 2.05) is 49.4 Å². The minimum absolute atomic E-state index is 0.161. The monoisotopic (exact) mass is 358 g/mol. The highest BCUT2D eigenvalue weighted by atomic mass is 79.9.